The van der Waals surface area contributed by atoms with Crippen molar-refractivity contribution in [2.45, 2.75) is 31.7 Å². The number of amides is 2. The Morgan fingerprint density at radius 1 is 1.00 bits per heavy atom. The van der Waals surface area contributed by atoms with Crippen LogP contribution in [0.4, 0.5) is 5.69 Å². The second-order valence-corrected chi connectivity index (χ2v) is 6.44. The van der Waals surface area contributed by atoms with Gasteiger partial charge in [0.05, 0.1) is 31.0 Å². The third-order valence-corrected chi connectivity index (χ3v) is 4.61. The number of nitrogens with one attached hydrogen (secondary N) is 2. The molecule has 1 aromatic carbocycles. The molecule has 1 aromatic heterocycles. The lowest BCUT2D eigenvalue weighted by Crippen LogP contribution is -2.32. The van der Waals surface area contributed by atoms with Crippen molar-refractivity contribution in [1.82, 2.24) is 10.3 Å². The number of aromatic nitrogens is 1. The molecule has 0 aliphatic heterocycles. The number of rotatable bonds is 6. The van der Waals surface area contributed by atoms with Crippen LogP contribution in [0.5, 0.6) is 11.5 Å². The molecule has 27 heavy (non-hydrogen) atoms. The average molecular weight is 369 g/mol. The fourth-order valence-electron chi connectivity index (χ4n) is 3.13. The molecule has 1 heterocycles. The Labute approximate surface area is 158 Å². The number of pyridine rings is 1. The minimum Gasteiger partial charge on any atom is -0.497 e. The summed E-state index contributed by atoms with van der Waals surface area (Å²) in [5.41, 5.74) is 1.13. The Kier molecular flexibility index (Phi) is 5.90. The Balaban J connectivity index is 1.74. The number of anilines is 1. The van der Waals surface area contributed by atoms with Gasteiger partial charge in [0.2, 0.25) is 0 Å². The summed E-state index contributed by atoms with van der Waals surface area (Å²) >= 11 is 0. The van der Waals surface area contributed by atoms with Gasteiger partial charge in [0.1, 0.15) is 11.5 Å². The number of ether oxygens (including phenoxy) is 2. The topological polar surface area (TPSA) is 89.6 Å². The number of methoxy groups -OCH3 is 2. The van der Waals surface area contributed by atoms with Gasteiger partial charge in [-0.15, -0.1) is 0 Å². The molecule has 142 valence electrons. The van der Waals surface area contributed by atoms with Gasteiger partial charge in [0.15, 0.2) is 0 Å². The number of benzene rings is 1. The van der Waals surface area contributed by atoms with E-state index in [9.17, 15) is 9.59 Å². The van der Waals surface area contributed by atoms with Crippen LogP contribution in [-0.4, -0.2) is 37.1 Å². The largest absolute Gasteiger partial charge is 0.497 e. The smallest absolute Gasteiger partial charge is 0.257 e. The summed E-state index contributed by atoms with van der Waals surface area (Å²) in [6.45, 7) is 0. The van der Waals surface area contributed by atoms with Crippen molar-refractivity contribution in [2.24, 2.45) is 0 Å². The van der Waals surface area contributed by atoms with Crippen LogP contribution in [0.2, 0.25) is 0 Å². The number of nitrogens with zero attached hydrogens (tertiary/aromatic N) is 1. The zero-order chi connectivity index (χ0) is 19.2. The molecule has 1 aliphatic rings. The first-order valence-electron chi connectivity index (χ1n) is 8.90. The minimum absolute atomic E-state index is 0.205. The van der Waals surface area contributed by atoms with Crippen molar-refractivity contribution in [3.05, 3.63) is 47.8 Å². The highest BCUT2D eigenvalue weighted by molar-refractivity contribution is 6.06. The third-order valence-electron chi connectivity index (χ3n) is 4.61. The summed E-state index contributed by atoms with van der Waals surface area (Å²) in [6, 6.07) is 6.86. The lowest BCUT2D eigenvalue weighted by molar-refractivity contribution is 0.0937. The quantitative estimate of drug-likeness (QED) is 0.817. The van der Waals surface area contributed by atoms with Crippen molar-refractivity contribution in [2.75, 3.05) is 19.5 Å². The summed E-state index contributed by atoms with van der Waals surface area (Å²) in [6.07, 6.45) is 7.15. The zero-order valence-corrected chi connectivity index (χ0v) is 15.5. The summed E-state index contributed by atoms with van der Waals surface area (Å²) in [5.74, 6) is 0.508. The zero-order valence-electron chi connectivity index (χ0n) is 15.5. The molecular weight excluding hydrogens is 346 g/mol. The highest BCUT2D eigenvalue weighted by Gasteiger charge is 2.19. The van der Waals surface area contributed by atoms with E-state index in [1.807, 2.05) is 0 Å². The van der Waals surface area contributed by atoms with Crippen LogP contribution in [0.15, 0.2) is 36.7 Å². The fourth-order valence-corrected chi connectivity index (χ4v) is 3.13. The maximum absolute atomic E-state index is 12.6. The molecule has 1 saturated carbocycles. The van der Waals surface area contributed by atoms with E-state index in [0.29, 0.717) is 28.3 Å². The summed E-state index contributed by atoms with van der Waals surface area (Å²) in [7, 11) is 3.07. The fraction of sp³-hybridized carbons (Fsp3) is 0.350. The van der Waals surface area contributed by atoms with E-state index in [1.54, 1.807) is 31.4 Å². The van der Waals surface area contributed by atoms with Crippen molar-refractivity contribution in [3.63, 3.8) is 0 Å². The van der Waals surface area contributed by atoms with Crippen LogP contribution in [0.1, 0.15) is 46.4 Å². The predicted molar refractivity (Wildman–Crippen MR) is 101 cm³/mol. The maximum Gasteiger partial charge on any atom is 0.257 e. The molecule has 7 nitrogen and oxygen atoms in total. The molecule has 0 bridgehead atoms. The van der Waals surface area contributed by atoms with Crippen LogP contribution in [0.3, 0.4) is 0 Å². The van der Waals surface area contributed by atoms with E-state index < -0.39 is 0 Å². The number of hydrogen-bond acceptors (Lipinski definition) is 5. The van der Waals surface area contributed by atoms with E-state index in [4.69, 9.17) is 9.47 Å². The number of hydrogen-bond donors (Lipinski definition) is 2. The lowest BCUT2D eigenvalue weighted by Gasteiger charge is -2.13. The Hall–Kier alpha value is -3.09. The monoisotopic (exact) mass is 369 g/mol. The van der Waals surface area contributed by atoms with E-state index >= 15 is 0 Å². The number of carbonyl (C=O) groups excluding carboxylic acids is 2. The lowest BCUT2D eigenvalue weighted by atomic mass is 10.1. The molecule has 2 N–H and O–H groups in total. The van der Waals surface area contributed by atoms with Gasteiger partial charge in [-0.3, -0.25) is 14.6 Å². The van der Waals surface area contributed by atoms with Gasteiger partial charge in [0.25, 0.3) is 11.8 Å². The first-order chi connectivity index (χ1) is 13.1. The summed E-state index contributed by atoms with van der Waals surface area (Å²) in [4.78, 5) is 29.1. The molecule has 1 aliphatic carbocycles. The van der Waals surface area contributed by atoms with Crippen LogP contribution in [0.25, 0.3) is 0 Å². The van der Waals surface area contributed by atoms with Gasteiger partial charge < -0.3 is 20.1 Å². The summed E-state index contributed by atoms with van der Waals surface area (Å²) in [5, 5.41) is 5.77. The molecule has 3 rings (SSSR count). The van der Waals surface area contributed by atoms with E-state index in [0.717, 1.165) is 25.7 Å². The maximum atomic E-state index is 12.6. The Bertz CT molecular complexity index is 832. The highest BCUT2D eigenvalue weighted by Crippen LogP contribution is 2.29. The Morgan fingerprint density at radius 2 is 1.70 bits per heavy atom. The molecule has 2 aromatic rings. The second kappa shape index (κ2) is 8.53. The number of carbonyl (C=O) groups is 2. The molecule has 2 amide bonds. The molecule has 1 fully saturated rings. The minimum atomic E-state index is -0.385. The van der Waals surface area contributed by atoms with Crippen molar-refractivity contribution >= 4 is 17.5 Å². The third kappa shape index (κ3) is 4.55. The highest BCUT2D eigenvalue weighted by atomic mass is 16.5. The van der Waals surface area contributed by atoms with Gasteiger partial charge >= 0.3 is 0 Å². The molecular formula is C20H23N3O4. The predicted octanol–water partition coefficient (Wildman–Crippen LogP) is 3.02. The summed E-state index contributed by atoms with van der Waals surface area (Å²) < 4.78 is 10.5. The molecule has 0 spiro atoms. The van der Waals surface area contributed by atoms with Gasteiger partial charge in [-0.05, 0) is 31.0 Å². The molecule has 0 radical (unpaired) electrons. The van der Waals surface area contributed by atoms with Crippen LogP contribution in [0, 0.1) is 0 Å². The SMILES string of the molecule is COc1ccc(OC)c(NC(=O)c2cncc(C(=O)NC3CCCC3)c2)c1. The molecule has 0 unspecified atom stereocenters. The Morgan fingerprint density at radius 3 is 2.37 bits per heavy atom. The van der Waals surface area contributed by atoms with Crippen molar-refractivity contribution < 1.29 is 19.1 Å². The van der Waals surface area contributed by atoms with Gasteiger partial charge in [0, 0.05) is 24.5 Å². The van der Waals surface area contributed by atoms with E-state index in [-0.39, 0.29) is 17.9 Å². The molecule has 7 heteroatoms. The van der Waals surface area contributed by atoms with Gasteiger partial charge in [-0.1, -0.05) is 12.8 Å². The van der Waals surface area contributed by atoms with E-state index in [2.05, 4.69) is 15.6 Å². The van der Waals surface area contributed by atoms with Crippen LogP contribution in [-0.2, 0) is 0 Å². The normalized spacial score (nSPS) is 13.9. The first kappa shape index (κ1) is 18.7. The average Bonchev–Trinajstić information content (AvgIpc) is 3.21. The van der Waals surface area contributed by atoms with Gasteiger partial charge in [-0.2, -0.15) is 0 Å². The van der Waals surface area contributed by atoms with Gasteiger partial charge in [-0.25, -0.2) is 0 Å². The van der Waals surface area contributed by atoms with Crippen LogP contribution < -0.4 is 20.1 Å². The first-order valence-corrected chi connectivity index (χ1v) is 8.90. The van der Waals surface area contributed by atoms with E-state index in [1.165, 1.54) is 19.5 Å². The van der Waals surface area contributed by atoms with Crippen molar-refractivity contribution in [3.8, 4) is 11.5 Å². The second-order valence-electron chi connectivity index (χ2n) is 6.44. The molecule has 0 atom stereocenters. The molecule has 0 saturated heterocycles. The standard InChI is InChI=1S/C20H23N3O4/c1-26-16-7-8-18(27-2)17(10-16)23-20(25)14-9-13(11-21-12-14)19(24)22-15-5-3-4-6-15/h7-12,15H,3-6H2,1-2H3,(H,22,24)(H,23,25). The van der Waals surface area contributed by atoms with Crippen LogP contribution >= 0.6 is 0 Å². The van der Waals surface area contributed by atoms with Crippen molar-refractivity contribution in [1.29, 1.82) is 0 Å².